The van der Waals surface area contributed by atoms with E-state index in [4.69, 9.17) is 11.6 Å². The molecular weight excluding hydrogens is 485 g/mol. The molecule has 1 aliphatic heterocycles. The summed E-state index contributed by atoms with van der Waals surface area (Å²) in [6.07, 6.45) is -0.213. The number of aryl methyl sites for hydroxylation is 1. The van der Waals surface area contributed by atoms with Crippen LogP contribution in [0.3, 0.4) is 0 Å². The second kappa shape index (κ2) is 9.57. The van der Waals surface area contributed by atoms with Crippen molar-refractivity contribution in [3.05, 3.63) is 52.6 Å². The number of anilines is 1. The highest BCUT2D eigenvalue weighted by Crippen LogP contribution is 2.34. The molecule has 192 valence electrons. The number of carbonyl (C=O) groups excluding carboxylic acids is 2. The largest absolute Gasteiger partial charge is 0.361 e. The van der Waals surface area contributed by atoms with Gasteiger partial charge in [-0.1, -0.05) is 39.0 Å². The van der Waals surface area contributed by atoms with Crippen LogP contribution in [0.1, 0.15) is 48.3 Å². The van der Waals surface area contributed by atoms with Crippen molar-refractivity contribution < 1.29 is 14.0 Å². The summed E-state index contributed by atoms with van der Waals surface area (Å²) >= 11 is 6.47. The molecule has 3 N–H and O–H groups in total. The average Bonchev–Trinajstić information content (AvgIpc) is 3.45. The van der Waals surface area contributed by atoms with E-state index in [0.717, 1.165) is 22.5 Å². The van der Waals surface area contributed by atoms with Gasteiger partial charge in [-0.15, -0.1) is 0 Å². The van der Waals surface area contributed by atoms with Gasteiger partial charge < -0.3 is 20.1 Å². The van der Waals surface area contributed by atoms with Crippen LogP contribution in [0.25, 0.3) is 10.9 Å². The predicted octanol–water partition coefficient (Wildman–Crippen LogP) is 3.63. The highest BCUT2D eigenvalue weighted by atomic mass is 35.5. The molecule has 2 aromatic heterocycles. The maximum Gasteiger partial charge on any atom is 0.270 e. The number of aromatic nitrogens is 4. The number of carbonyl (C=O) groups is 2. The van der Waals surface area contributed by atoms with Gasteiger partial charge in [0, 0.05) is 24.0 Å². The molecule has 36 heavy (non-hydrogen) atoms. The van der Waals surface area contributed by atoms with E-state index in [0.29, 0.717) is 34.6 Å². The third-order valence-electron chi connectivity index (χ3n) is 6.50. The van der Waals surface area contributed by atoms with Crippen LogP contribution in [0.4, 0.5) is 10.2 Å². The molecule has 0 aliphatic carbocycles. The van der Waals surface area contributed by atoms with E-state index in [9.17, 15) is 14.0 Å². The second-order valence-electron chi connectivity index (χ2n) is 10.1. The van der Waals surface area contributed by atoms with Crippen molar-refractivity contribution >= 4 is 40.1 Å². The molecule has 1 aliphatic rings. The summed E-state index contributed by atoms with van der Waals surface area (Å²) in [4.78, 5) is 30.7. The first-order valence-corrected chi connectivity index (χ1v) is 12.1. The lowest BCUT2D eigenvalue weighted by molar-refractivity contribution is -0.125. The fraction of sp³-hybridized carbons (Fsp3) is 0.440. The molecule has 0 radical (unpaired) electrons. The molecule has 1 aromatic carbocycles. The van der Waals surface area contributed by atoms with Crippen LogP contribution in [0, 0.1) is 6.92 Å². The predicted molar refractivity (Wildman–Crippen MR) is 138 cm³/mol. The first kappa shape index (κ1) is 25.7. The first-order valence-electron chi connectivity index (χ1n) is 11.7. The van der Waals surface area contributed by atoms with E-state index in [2.05, 4.69) is 53.2 Å². The summed E-state index contributed by atoms with van der Waals surface area (Å²) in [6, 6.07) is 3.10. The number of fused-ring (bicyclic) bond motifs is 1. The van der Waals surface area contributed by atoms with Crippen LogP contribution in [-0.4, -0.2) is 61.8 Å². The van der Waals surface area contributed by atoms with Crippen molar-refractivity contribution in [3.63, 3.8) is 0 Å². The summed E-state index contributed by atoms with van der Waals surface area (Å²) in [5, 5.41) is 15.0. The number of likely N-dealkylation sites (tertiary alicyclic amines) is 1. The summed E-state index contributed by atoms with van der Waals surface area (Å²) in [6.45, 7) is 11.8. The lowest BCUT2D eigenvalue weighted by Gasteiger charge is -2.20. The Kier molecular flexibility index (Phi) is 6.83. The van der Waals surface area contributed by atoms with Crippen LogP contribution in [-0.2, 0) is 23.8 Å². The lowest BCUT2D eigenvalue weighted by atomic mass is 9.86. The second-order valence-corrected chi connectivity index (χ2v) is 10.5. The number of halogens is 2. The molecular formula is C25H31ClFN7O2. The molecule has 9 nitrogen and oxygen atoms in total. The van der Waals surface area contributed by atoms with Crippen LogP contribution in [0.2, 0.25) is 5.02 Å². The molecule has 11 heteroatoms. The van der Waals surface area contributed by atoms with Crippen LogP contribution in [0.5, 0.6) is 0 Å². The highest BCUT2D eigenvalue weighted by Gasteiger charge is 2.36. The minimum Gasteiger partial charge on any atom is -0.361 e. The average molecular weight is 516 g/mol. The van der Waals surface area contributed by atoms with Gasteiger partial charge in [-0.3, -0.25) is 14.7 Å². The van der Waals surface area contributed by atoms with Gasteiger partial charge in [0.25, 0.3) is 5.91 Å². The van der Waals surface area contributed by atoms with Crippen molar-refractivity contribution in [2.45, 2.75) is 51.9 Å². The van der Waals surface area contributed by atoms with E-state index in [1.807, 2.05) is 12.1 Å². The molecule has 1 saturated heterocycles. The summed E-state index contributed by atoms with van der Waals surface area (Å²) in [5.41, 5.74) is 2.55. The number of alkyl halides is 1. The summed E-state index contributed by atoms with van der Waals surface area (Å²) < 4.78 is 16.1. The van der Waals surface area contributed by atoms with Crippen LogP contribution >= 0.6 is 11.6 Å². The Morgan fingerprint density at radius 2 is 2.06 bits per heavy atom. The first-order chi connectivity index (χ1) is 16.9. The van der Waals surface area contributed by atoms with Gasteiger partial charge in [0.15, 0.2) is 5.82 Å². The molecule has 0 spiro atoms. The molecule has 1 fully saturated rings. The van der Waals surface area contributed by atoms with Crippen LogP contribution in [0.15, 0.2) is 24.8 Å². The number of rotatable bonds is 6. The molecule has 4 rings (SSSR count). The van der Waals surface area contributed by atoms with E-state index in [-0.39, 0.29) is 24.4 Å². The third kappa shape index (κ3) is 4.82. The maximum absolute atomic E-state index is 14.5. The van der Waals surface area contributed by atoms with Crippen molar-refractivity contribution in [1.29, 1.82) is 0 Å². The van der Waals surface area contributed by atoms with Crippen molar-refractivity contribution in [1.82, 2.24) is 30.0 Å². The number of imidazole rings is 1. The van der Waals surface area contributed by atoms with E-state index < -0.39 is 18.1 Å². The van der Waals surface area contributed by atoms with Gasteiger partial charge in [-0.2, -0.15) is 5.10 Å². The van der Waals surface area contributed by atoms with Gasteiger partial charge >= 0.3 is 0 Å². The zero-order chi connectivity index (χ0) is 26.4. The molecule has 3 heterocycles. The number of amides is 2. The number of H-pyrrole nitrogens is 1. The summed E-state index contributed by atoms with van der Waals surface area (Å²) in [7, 11) is 1.74. The van der Waals surface area contributed by atoms with E-state index in [1.165, 1.54) is 4.90 Å². The van der Waals surface area contributed by atoms with Crippen LogP contribution < -0.4 is 10.6 Å². The fourth-order valence-corrected chi connectivity index (χ4v) is 4.97. The van der Waals surface area contributed by atoms with Crippen molar-refractivity contribution in [3.8, 4) is 0 Å². The quantitative estimate of drug-likeness (QED) is 0.434. The zero-order valence-corrected chi connectivity index (χ0v) is 21.8. The molecule has 0 unspecified atom stereocenters. The number of aromatic amines is 1. The number of hydrogen-bond acceptors (Lipinski definition) is 5. The van der Waals surface area contributed by atoms with Gasteiger partial charge in [0.05, 0.1) is 30.3 Å². The Balaban J connectivity index is 1.50. The molecule has 0 saturated carbocycles. The molecule has 2 atom stereocenters. The van der Waals surface area contributed by atoms with Gasteiger partial charge in [-0.25, -0.2) is 9.37 Å². The zero-order valence-electron chi connectivity index (χ0n) is 21.1. The smallest absolute Gasteiger partial charge is 0.270 e. The normalized spacial score (nSPS) is 18.0. The van der Waals surface area contributed by atoms with Gasteiger partial charge in [0.2, 0.25) is 5.91 Å². The number of hydrogen-bond donors (Lipinski definition) is 3. The van der Waals surface area contributed by atoms with E-state index in [1.54, 1.807) is 18.5 Å². The Labute approximate surface area is 214 Å². The van der Waals surface area contributed by atoms with Gasteiger partial charge in [-0.05, 0) is 36.1 Å². The molecule has 2 amide bonds. The summed E-state index contributed by atoms with van der Waals surface area (Å²) in [5.74, 6) is 0.466. The number of nitrogens with one attached hydrogen (secondary N) is 3. The highest BCUT2D eigenvalue weighted by molar-refractivity contribution is 6.32. The number of benzene rings is 1. The lowest BCUT2D eigenvalue weighted by Crippen LogP contribution is -2.42. The topological polar surface area (TPSA) is 108 Å². The fourth-order valence-electron chi connectivity index (χ4n) is 4.52. The Morgan fingerprint density at radius 3 is 2.72 bits per heavy atom. The Bertz CT molecular complexity index is 1340. The standard InChI is InChI=1S/C25H31ClFN7O2/c1-7-21(35)34-11-17(27)19(12-34)30-24(36)22-13(2)29-20(33(22)6)10-28-23-14-8-15(25(3,4)5)16(26)9-18(14)31-32-23/h7-9,17,19H,1,10-12H2,2-6H3,(H,30,36)(H2,28,31,32)/t17-,19+/m1/s1. The van der Waals surface area contributed by atoms with Crippen molar-refractivity contribution in [2.24, 2.45) is 7.05 Å². The van der Waals surface area contributed by atoms with Crippen molar-refractivity contribution in [2.75, 3.05) is 18.4 Å². The Morgan fingerprint density at radius 1 is 1.33 bits per heavy atom. The minimum atomic E-state index is -1.35. The number of nitrogens with zero attached hydrogens (tertiary/aromatic N) is 4. The minimum absolute atomic E-state index is 0.0743. The third-order valence-corrected chi connectivity index (χ3v) is 6.81. The maximum atomic E-state index is 14.5. The van der Waals surface area contributed by atoms with Gasteiger partial charge in [0.1, 0.15) is 17.7 Å². The SMILES string of the molecule is C=CC(=O)N1C[C@@H](F)[C@@H](NC(=O)c2c(C)nc(CNc3n[nH]c4cc(Cl)c(C(C)(C)C)cc34)n2C)C1. The molecule has 3 aromatic rings. The van der Waals surface area contributed by atoms with E-state index >= 15 is 0 Å². The molecule has 0 bridgehead atoms. The Hall–Kier alpha value is -3.40. The monoisotopic (exact) mass is 515 g/mol.